The summed E-state index contributed by atoms with van der Waals surface area (Å²) in [6.45, 7) is 3.53. The summed E-state index contributed by atoms with van der Waals surface area (Å²) in [5.41, 5.74) is 5.92. The number of allylic oxidation sites excluding steroid dienone is 1. The van der Waals surface area contributed by atoms with E-state index in [1.807, 2.05) is 0 Å². The van der Waals surface area contributed by atoms with E-state index in [9.17, 15) is 13.9 Å². The van der Waals surface area contributed by atoms with Crippen molar-refractivity contribution in [3.63, 3.8) is 0 Å². The normalized spacial score (nSPS) is 11.7. The quantitative estimate of drug-likeness (QED) is 0.806. The Morgan fingerprint density at radius 2 is 2.06 bits per heavy atom. The fraction of sp³-hybridized carbons (Fsp3) is 0.273. The lowest BCUT2D eigenvalue weighted by Gasteiger charge is -2.13. The molecular weight excluding hydrogens is 236 g/mol. The predicted octanol–water partition coefficient (Wildman–Crippen LogP) is 3.06. The van der Waals surface area contributed by atoms with Gasteiger partial charge < -0.3 is 10.8 Å². The summed E-state index contributed by atoms with van der Waals surface area (Å²) in [5, 5.41) is 9.33. The van der Waals surface area contributed by atoms with Crippen LogP contribution < -0.4 is 5.73 Å². The van der Waals surface area contributed by atoms with Gasteiger partial charge in [0.15, 0.2) is 11.6 Å². The summed E-state index contributed by atoms with van der Waals surface area (Å²) >= 11 is 0. The summed E-state index contributed by atoms with van der Waals surface area (Å²) in [5.74, 6) is -3.03. The van der Waals surface area contributed by atoms with Gasteiger partial charge in [0.2, 0.25) is 5.82 Å². The number of phenols is 1. The minimum Gasteiger partial charge on any atom is -0.505 e. The Kier molecular flexibility index (Phi) is 6.00. The Morgan fingerprint density at radius 3 is 2.62 bits per heavy atom. The monoisotopic (exact) mass is 249 g/mol. The summed E-state index contributed by atoms with van der Waals surface area (Å²) < 4.78 is 25.7. The van der Waals surface area contributed by atoms with Crippen LogP contribution in [0.4, 0.5) is 8.78 Å². The topological polar surface area (TPSA) is 46.2 Å². The van der Waals surface area contributed by atoms with Gasteiger partial charge in [-0.3, -0.25) is 0 Å². The Morgan fingerprint density at radius 1 is 1.44 bits per heavy atom. The second-order valence-electron chi connectivity index (χ2n) is 3.27. The standard InChI is InChI=1S/C11H13F2NO.ClH/c1-2-3-4-9(14)7-5-6-8(12)10(13)11(7)15;/h2,5-6,9,15H,1,3-4,14H2;1H/t9-;/m1./s1. The van der Waals surface area contributed by atoms with E-state index < -0.39 is 23.4 Å². The Hall–Kier alpha value is -1.13. The number of benzene rings is 1. The van der Waals surface area contributed by atoms with Gasteiger partial charge in [-0.15, -0.1) is 19.0 Å². The predicted molar refractivity (Wildman–Crippen MR) is 61.6 cm³/mol. The fourth-order valence-electron chi connectivity index (χ4n) is 1.31. The highest BCUT2D eigenvalue weighted by Crippen LogP contribution is 2.29. The van der Waals surface area contributed by atoms with Crippen LogP contribution in [0.1, 0.15) is 24.4 Å². The van der Waals surface area contributed by atoms with Crippen LogP contribution in [0.5, 0.6) is 5.75 Å². The first-order valence-electron chi connectivity index (χ1n) is 4.61. The van der Waals surface area contributed by atoms with E-state index >= 15 is 0 Å². The molecule has 0 spiro atoms. The molecular formula is C11H14ClF2NO. The zero-order chi connectivity index (χ0) is 11.4. The number of hydrogen-bond donors (Lipinski definition) is 2. The van der Waals surface area contributed by atoms with E-state index in [0.29, 0.717) is 12.8 Å². The van der Waals surface area contributed by atoms with Crippen LogP contribution in [-0.2, 0) is 0 Å². The van der Waals surface area contributed by atoms with Crippen LogP contribution >= 0.6 is 12.4 Å². The molecule has 0 fully saturated rings. The maximum absolute atomic E-state index is 13.0. The lowest BCUT2D eigenvalue weighted by Crippen LogP contribution is -2.10. The molecule has 16 heavy (non-hydrogen) atoms. The Balaban J connectivity index is 0.00000225. The van der Waals surface area contributed by atoms with Crippen molar-refractivity contribution in [1.29, 1.82) is 0 Å². The van der Waals surface area contributed by atoms with Crippen molar-refractivity contribution < 1.29 is 13.9 Å². The molecule has 1 aromatic rings. The highest BCUT2D eigenvalue weighted by atomic mass is 35.5. The van der Waals surface area contributed by atoms with E-state index in [0.717, 1.165) is 6.07 Å². The number of aromatic hydroxyl groups is 1. The van der Waals surface area contributed by atoms with E-state index in [4.69, 9.17) is 5.73 Å². The molecule has 0 aliphatic rings. The number of phenolic OH excluding ortho intramolecular Hbond substituents is 1. The Bertz CT molecular complexity index is 371. The molecule has 0 bridgehead atoms. The van der Waals surface area contributed by atoms with Crippen LogP contribution in [0.25, 0.3) is 0 Å². The first-order valence-corrected chi connectivity index (χ1v) is 4.61. The summed E-state index contributed by atoms with van der Waals surface area (Å²) in [6.07, 6.45) is 2.86. The minimum absolute atomic E-state index is 0. The second kappa shape index (κ2) is 6.45. The molecule has 0 heterocycles. The van der Waals surface area contributed by atoms with Crippen molar-refractivity contribution >= 4 is 12.4 Å². The second-order valence-corrected chi connectivity index (χ2v) is 3.27. The molecule has 5 heteroatoms. The van der Waals surface area contributed by atoms with Gasteiger partial charge in [0.1, 0.15) is 0 Å². The zero-order valence-corrected chi connectivity index (χ0v) is 9.44. The van der Waals surface area contributed by atoms with Gasteiger partial charge >= 0.3 is 0 Å². The molecule has 2 nitrogen and oxygen atoms in total. The van der Waals surface area contributed by atoms with Crippen LogP contribution in [0, 0.1) is 11.6 Å². The van der Waals surface area contributed by atoms with Crippen LogP contribution in [0.3, 0.4) is 0 Å². The molecule has 0 aliphatic carbocycles. The van der Waals surface area contributed by atoms with Crippen LogP contribution in [0.15, 0.2) is 24.8 Å². The molecule has 0 aromatic heterocycles. The molecule has 0 saturated heterocycles. The maximum atomic E-state index is 13.0. The van der Waals surface area contributed by atoms with Gasteiger partial charge in [-0.1, -0.05) is 12.1 Å². The van der Waals surface area contributed by atoms with Crippen LogP contribution in [0.2, 0.25) is 0 Å². The average Bonchev–Trinajstić information content (AvgIpc) is 2.23. The van der Waals surface area contributed by atoms with Gasteiger partial charge in [0.25, 0.3) is 0 Å². The van der Waals surface area contributed by atoms with E-state index in [-0.39, 0.29) is 18.0 Å². The van der Waals surface area contributed by atoms with Crippen molar-refractivity contribution in [2.75, 3.05) is 0 Å². The molecule has 0 aliphatic heterocycles. The first-order chi connectivity index (χ1) is 7.07. The van der Waals surface area contributed by atoms with Gasteiger partial charge in [0.05, 0.1) is 0 Å². The largest absolute Gasteiger partial charge is 0.505 e. The molecule has 90 valence electrons. The highest BCUT2D eigenvalue weighted by molar-refractivity contribution is 5.85. The van der Waals surface area contributed by atoms with Crippen molar-refractivity contribution in [3.8, 4) is 5.75 Å². The smallest absolute Gasteiger partial charge is 0.200 e. The third-order valence-corrected chi connectivity index (χ3v) is 2.18. The molecule has 1 aromatic carbocycles. The van der Waals surface area contributed by atoms with E-state index in [2.05, 4.69) is 6.58 Å². The van der Waals surface area contributed by atoms with Crippen LogP contribution in [-0.4, -0.2) is 5.11 Å². The van der Waals surface area contributed by atoms with Crippen molar-refractivity contribution in [2.45, 2.75) is 18.9 Å². The lowest BCUT2D eigenvalue weighted by molar-refractivity contribution is 0.396. The highest BCUT2D eigenvalue weighted by Gasteiger charge is 2.16. The number of halogens is 3. The summed E-state index contributed by atoms with van der Waals surface area (Å²) in [6, 6.07) is 1.73. The number of nitrogens with two attached hydrogens (primary N) is 1. The van der Waals surface area contributed by atoms with Crippen molar-refractivity contribution in [1.82, 2.24) is 0 Å². The maximum Gasteiger partial charge on any atom is 0.200 e. The van der Waals surface area contributed by atoms with Crippen molar-refractivity contribution in [3.05, 3.63) is 42.0 Å². The third kappa shape index (κ3) is 3.18. The summed E-state index contributed by atoms with van der Waals surface area (Å²) in [4.78, 5) is 0. The van der Waals surface area contributed by atoms with Gasteiger partial charge in [-0.25, -0.2) is 4.39 Å². The SMILES string of the molecule is C=CCC[C@@H](N)c1ccc(F)c(F)c1O.Cl. The van der Waals surface area contributed by atoms with Gasteiger partial charge in [0, 0.05) is 11.6 Å². The zero-order valence-electron chi connectivity index (χ0n) is 8.62. The number of rotatable bonds is 4. The van der Waals surface area contributed by atoms with E-state index in [1.54, 1.807) is 6.08 Å². The molecule has 3 N–H and O–H groups in total. The molecule has 0 amide bonds. The minimum atomic E-state index is -1.25. The first kappa shape index (κ1) is 14.9. The van der Waals surface area contributed by atoms with Crippen molar-refractivity contribution in [2.24, 2.45) is 5.73 Å². The molecule has 0 saturated carbocycles. The van der Waals surface area contributed by atoms with Gasteiger partial charge in [-0.2, -0.15) is 4.39 Å². The number of hydrogen-bond acceptors (Lipinski definition) is 2. The van der Waals surface area contributed by atoms with E-state index in [1.165, 1.54) is 6.07 Å². The van der Waals surface area contributed by atoms with Gasteiger partial charge in [-0.05, 0) is 18.9 Å². The molecule has 0 radical (unpaired) electrons. The molecule has 1 rings (SSSR count). The average molecular weight is 250 g/mol. The third-order valence-electron chi connectivity index (χ3n) is 2.18. The Labute approximate surface area is 99.2 Å². The fourth-order valence-corrected chi connectivity index (χ4v) is 1.31. The molecule has 1 atom stereocenters. The summed E-state index contributed by atoms with van der Waals surface area (Å²) in [7, 11) is 0. The molecule has 0 unspecified atom stereocenters. The lowest BCUT2D eigenvalue weighted by atomic mass is 10.0.